The molecular weight excluding hydrogens is 446 g/mol. The highest BCUT2D eigenvalue weighted by Crippen LogP contribution is 2.59. The minimum Gasteiger partial charge on any atom is -0.369 e. The minimum absolute atomic E-state index is 0.0447. The van der Waals surface area contributed by atoms with Gasteiger partial charge in [-0.05, 0) is 80.2 Å². The van der Waals surface area contributed by atoms with Crippen LogP contribution in [0.4, 0.5) is 14.6 Å². The van der Waals surface area contributed by atoms with Gasteiger partial charge in [0.25, 0.3) is 0 Å². The first-order valence-electron chi connectivity index (χ1n) is 11.8. The molecule has 2 heterocycles. The lowest BCUT2D eigenvalue weighted by molar-refractivity contribution is -0.0444. The van der Waals surface area contributed by atoms with Crippen LogP contribution in [-0.2, 0) is 23.0 Å². The molecular formula is C24H28F2N4O2S. The predicted molar refractivity (Wildman–Crippen MR) is 119 cm³/mol. The molecule has 9 heteroatoms. The van der Waals surface area contributed by atoms with Crippen molar-refractivity contribution >= 4 is 15.8 Å². The summed E-state index contributed by atoms with van der Waals surface area (Å²) >= 11 is 0. The molecule has 1 aliphatic heterocycles. The molecule has 4 saturated carbocycles. The molecule has 4 bridgehead atoms. The van der Waals surface area contributed by atoms with Crippen molar-refractivity contribution in [1.82, 2.24) is 14.3 Å². The van der Waals surface area contributed by atoms with Gasteiger partial charge in [-0.1, -0.05) is 0 Å². The number of nitrogens with zero attached hydrogens (tertiary/aromatic N) is 3. The second-order valence-corrected chi connectivity index (χ2v) is 12.5. The van der Waals surface area contributed by atoms with Crippen molar-refractivity contribution in [1.29, 1.82) is 0 Å². The molecule has 0 spiro atoms. The van der Waals surface area contributed by atoms with Crippen LogP contribution >= 0.6 is 0 Å². The van der Waals surface area contributed by atoms with Gasteiger partial charge in [-0.3, -0.25) is 0 Å². The van der Waals surface area contributed by atoms with Gasteiger partial charge in [0, 0.05) is 24.7 Å². The molecule has 5 aliphatic rings. The van der Waals surface area contributed by atoms with E-state index in [1.165, 1.54) is 49.2 Å². The number of benzene rings is 1. The van der Waals surface area contributed by atoms with E-state index in [4.69, 9.17) is 0 Å². The molecule has 6 nitrogen and oxygen atoms in total. The van der Waals surface area contributed by atoms with Crippen molar-refractivity contribution in [3.63, 3.8) is 0 Å². The zero-order valence-corrected chi connectivity index (χ0v) is 19.3. The Morgan fingerprint density at radius 3 is 2.42 bits per heavy atom. The van der Waals surface area contributed by atoms with Crippen LogP contribution in [-0.4, -0.2) is 35.8 Å². The molecule has 4 aliphatic carbocycles. The van der Waals surface area contributed by atoms with E-state index in [9.17, 15) is 17.2 Å². The van der Waals surface area contributed by atoms with E-state index >= 15 is 0 Å². The summed E-state index contributed by atoms with van der Waals surface area (Å²) < 4.78 is 54.7. The maximum Gasteiger partial charge on any atom is 0.246 e. The molecule has 1 N–H and O–H groups in total. The maximum atomic E-state index is 14.2. The number of fused-ring (bicyclic) bond motifs is 1. The third-order valence-corrected chi connectivity index (χ3v) is 10.2. The number of sulfonamides is 1. The molecule has 0 radical (unpaired) electrons. The van der Waals surface area contributed by atoms with Crippen LogP contribution in [0.1, 0.15) is 49.8 Å². The summed E-state index contributed by atoms with van der Waals surface area (Å²) in [6.45, 7) is 1.15. The van der Waals surface area contributed by atoms with Gasteiger partial charge < -0.3 is 5.32 Å². The molecule has 7 rings (SSSR count). The maximum absolute atomic E-state index is 14.2. The smallest absolute Gasteiger partial charge is 0.246 e. The summed E-state index contributed by atoms with van der Waals surface area (Å²) in [5, 5.41) is 3.61. The Kier molecular flexibility index (Phi) is 4.99. The van der Waals surface area contributed by atoms with E-state index < -0.39 is 26.6 Å². The molecule has 0 atom stereocenters. The van der Waals surface area contributed by atoms with Gasteiger partial charge in [-0.25, -0.2) is 27.2 Å². The first kappa shape index (κ1) is 21.4. The summed E-state index contributed by atoms with van der Waals surface area (Å²) in [7, 11) is -4.10. The monoisotopic (exact) mass is 474 g/mol. The summed E-state index contributed by atoms with van der Waals surface area (Å²) in [4.78, 5) is 8.31. The summed E-state index contributed by atoms with van der Waals surface area (Å²) in [6.07, 6.45) is 10.0. The number of hydrogen-bond acceptors (Lipinski definition) is 5. The SMILES string of the molecule is O=S(=O)(c1ccc(F)cc1F)N1CCc2c(ncnc2NCC23CC4CC(CC(C4)C2)C3)C1. The molecule has 33 heavy (non-hydrogen) atoms. The fourth-order valence-electron chi connectivity index (χ4n) is 7.29. The van der Waals surface area contributed by atoms with Crippen molar-refractivity contribution in [3.05, 3.63) is 47.4 Å². The number of aromatic nitrogens is 2. The van der Waals surface area contributed by atoms with E-state index in [0.29, 0.717) is 23.6 Å². The molecule has 2 aromatic rings. The van der Waals surface area contributed by atoms with E-state index in [2.05, 4.69) is 15.3 Å². The first-order valence-corrected chi connectivity index (χ1v) is 13.3. The normalized spacial score (nSPS) is 30.9. The van der Waals surface area contributed by atoms with Crippen LogP contribution in [0, 0.1) is 34.8 Å². The number of nitrogens with one attached hydrogen (secondary N) is 1. The summed E-state index contributed by atoms with van der Waals surface area (Å²) in [5.41, 5.74) is 1.93. The second-order valence-electron chi connectivity index (χ2n) is 10.6. The fourth-order valence-corrected chi connectivity index (χ4v) is 8.74. The lowest BCUT2D eigenvalue weighted by Gasteiger charge is -2.57. The Morgan fingerprint density at radius 1 is 1.06 bits per heavy atom. The van der Waals surface area contributed by atoms with Gasteiger partial charge >= 0.3 is 0 Å². The third kappa shape index (κ3) is 3.73. The van der Waals surface area contributed by atoms with Gasteiger partial charge in [0.05, 0.1) is 12.2 Å². The standard InChI is InChI=1S/C24H28F2N4O2S/c25-18-1-2-22(20(26)8-18)33(31,32)30-4-3-19-21(12-30)28-14-29-23(19)27-13-24-9-15-5-16(10-24)7-17(6-15)11-24/h1-2,8,14-17H,3-7,9-13H2,(H,27,28,29). The van der Waals surface area contributed by atoms with E-state index in [0.717, 1.165) is 47.8 Å². The molecule has 0 amide bonds. The van der Waals surface area contributed by atoms with E-state index in [-0.39, 0.29) is 13.1 Å². The van der Waals surface area contributed by atoms with Gasteiger partial charge in [-0.2, -0.15) is 4.31 Å². The van der Waals surface area contributed by atoms with Crippen molar-refractivity contribution in [3.8, 4) is 0 Å². The van der Waals surface area contributed by atoms with Gasteiger partial charge in [0.15, 0.2) is 0 Å². The topological polar surface area (TPSA) is 75.2 Å². The second kappa shape index (κ2) is 7.70. The van der Waals surface area contributed by atoms with Gasteiger partial charge in [-0.15, -0.1) is 0 Å². The lowest BCUT2D eigenvalue weighted by Crippen LogP contribution is -2.49. The molecule has 1 aromatic heterocycles. The predicted octanol–water partition coefficient (Wildman–Crippen LogP) is 4.13. The van der Waals surface area contributed by atoms with Crippen molar-refractivity contribution < 1.29 is 17.2 Å². The van der Waals surface area contributed by atoms with E-state index in [1.807, 2.05) is 0 Å². The molecule has 0 saturated heterocycles. The largest absolute Gasteiger partial charge is 0.369 e. The first-order chi connectivity index (χ1) is 15.8. The highest BCUT2D eigenvalue weighted by molar-refractivity contribution is 7.89. The quantitative estimate of drug-likeness (QED) is 0.705. The zero-order chi connectivity index (χ0) is 22.8. The Labute approximate surface area is 192 Å². The molecule has 0 unspecified atom stereocenters. The number of halogens is 2. The molecule has 176 valence electrons. The Balaban J connectivity index is 1.20. The van der Waals surface area contributed by atoms with Crippen molar-refractivity contribution in [2.24, 2.45) is 23.2 Å². The van der Waals surface area contributed by atoms with E-state index in [1.54, 1.807) is 0 Å². The zero-order valence-electron chi connectivity index (χ0n) is 18.4. The van der Waals surface area contributed by atoms with Gasteiger partial charge in [0.1, 0.15) is 28.7 Å². The summed E-state index contributed by atoms with van der Waals surface area (Å²) in [6, 6.07) is 2.54. The number of anilines is 1. The number of hydrogen-bond donors (Lipinski definition) is 1. The minimum atomic E-state index is -4.10. The van der Waals surface area contributed by atoms with Gasteiger partial charge in [0.2, 0.25) is 10.0 Å². The average molecular weight is 475 g/mol. The Hall–Kier alpha value is -2.13. The molecule has 4 fully saturated rings. The Morgan fingerprint density at radius 2 is 1.76 bits per heavy atom. The summed E-state index contributed by atoms with van der Waals surface area (Å²) in [5.74, 6) is 1.54. The van der Waals surface area contributed by atoms with Crippen molar-refractivity contribution in [2.75, 3.05) is 18.4 Å². The highest BCUT2D eigenvalue weighted by Gasteiger charge is 2.50. The number of rotatable bonds is 5. The van der Waals surface area contributed by atoms with Crippen LogP contribution in [0.5, 0.6) is 0 Å². The third-order valence-electron chi connectivity index (χ3n) is 8.28. The highest BCUT2D eigenvalue weighted by atomic mass is 32.2. The van der Waals surface area contributed by atoms with Crippen molar-refractivity contribution in [2.45, 2.75) is 56.4 Å². The molecule has 1 aromatic carbocycles. The lowest BCUT2D eigenvalue weighted by atomic mass is 9.49. The Bertz CT molecular complexity index is 1170. The van der Waals surface area contributed by atoms with Crippen LogP contribution < -0.4 is 5.32 Å². The average Bonchev–Trinajstić information content (AvgIpc) is 2.76. The van der Waals surface area contributed by atoms with Crippen LogP contribution in [0.25, 0.3) is 0 Å². The van der Waals surface area contributed by atoms with Crippen LogP contribution in [0.15, 0.2) is 29.4 Å². The van der Waals surface area contributed by atoms with Crippen LogP contribution in [0.3, 0.4) is 0 Å². The fraction of sp³-hybridized carbons (Fsp3) is 0.583. The van der Waals surface area contributed by atoms with Crippen LogP contribution in [0.2, 0.25) is 0 Å².